The molecule has 2 aromatic heterocycles. The van der Waals surface area contributed by atoms with E-state index in [2.05, 4.69) is 35.4 Å². The molecule has 1 aliphatic heterocycles. The lowest BCUT2D eigenvalue weighted by atomic mass is 10.0. The van der Waals surface area contributed by atoms with Crippen LogP contribution in [0.1, 0.15) is 58.3 Å². The maximum atomic E-state index is 13.3. The van der Waals surface area contributed by atoms with Gasteiger partial charge in [-0.05, 0) is 64.9 Å². The van der Waals surface area contributed by atoms with E-state index in [9.17, 15) is 9.59 Å². The number of benzene rings is 1. The summed E-state index contributed by atoms with van der Waals surface area (Å²) in [5.74, 6) is 1.73. The Morgan fingerprint density at radius 1 is 1.14 bits per heavy atom. The lowest BCUT2D eigenvalue weighted by Crippen LogP contribution is -2.39. The van der Waals surface area contributed by atoms with Crippen LogP contribution in [0, 0.1) is 0 Å². The molecule has 0 N–H and O–H groups in total. The lowest BCUT2D eigenvalue weighted by molar-refractivity contribution is -0.120. The standard InChI is InChI=1S/C28H38ClN5O2/c1-4-5-7-17-33-26(32-18-9-10-24(32)25(35)11-6-8-16-31(2)3)19-27(36)34-20-23(30-28(33)34)21-12-14-22(29)15-13-21/h12-15,19-20,24H,4-11,16-18H2,1-3H3/t24-/m0/s1. The van der Waals surface area contributed by atoms with Crippen molar-refractivity contribution in [3.05, 3.63) is 51.9 Å². The third-order valence-corrected chi connectivity index (χ3v) is 7.27. The Morgan fingerprint density at radius 2 is 1.92 bits per heavy atom. The Morgan fingerprint density at radius 3 is 2.64 bits per heavy atom. The SMILES string of the molecule is CCCCCn1c(N2CCC[C@H]2C(=O)CCCCN(C)C)cc(=O)n2cc(-c3ccc(Cl)cc3)nc12. The van der Waals surface area contributed by atoms with Gasteiger partial charge in [-0.1, -0.05) is 43.5 Å². The smallest absolute Gasteiger partial charge is 0.261 e. The van der Waals surface area contributed by atoms with Crippen molar-refractivity contribution < 1.29 is 4.79 Å². The number of hydrogen-bond donors (Lipinski definition) is 0. The van der Waals surface area contributed by atoms with Gasteiger partial charge in [0.15, 0.2) is 5.78 Å². The molecular weight excluding hydrogens is 474 g/mol. The van der Waals surface area contributed by atoms with E-state index in [1.807, 2.05) is 24.3 Å². The third kappa shape index (κ3) is 6.01. The Labute approximate surface area is 218 Å². The molecule has 1 fully saturated rings. The molecule has 0 unspecified atom stereocenters. The summed E-state index contributed by atoms with van der Waals surface area (Å²) in [6.07, 6.45) is 9.28. The topological polar surface area (TPSA) is 62.9 Å². The first kappa shape index (κ1) is 26.4. The van der Waals surface area contributed by atoms with Crippen LogP contribution in [0.2, 0.25) is 5.02 Å². The fraction of sp³-hybridized carbons (Fsp3) is 0.536. The fourth-order valence-corrected chi connectivity index (χ4v) is 5.21. The van der Waals surface area contributed by atoms with Gasteiger partial charge in [-0.25, -0.2) is 4.98 Å². The highest BCUT2D eigenvalue weighted by Gasteiger charge is 2.32. The molecule has 4 rings (SSSR count). The van der Waals surface area contributed by atoms with E-state index in [1.165, 1.54) is 0 Å². The molecule has 0 bridgehead atoms. The van der Waals surface area contributed by atoms with Crippen LogP contribution in [0.15, 0.2) is 41.3 Å². The molecule has 3 aromatic rings. The van der Waals surface area contributed by atoms with E-state index in [0.717, 1.165) is 81.7 Å². The summed E-state index contributed by atoms with van der Waals surface area (Å²) in [6.45, 7) is 4.71. The highest BCUT2D eigenvalue weighted by atomic mass is 35.5. The van der Waals surface area contributed by atoms with Gasteiger partial charge in [0.05, 0.1) is 11.7 Å². The summed E-state index contributed by atoms with van der Waals surface area (Å²) in [6, 6.07) is 9.03. The van der Waals surface area contributed by atoms with Crippen molar-refractivity contribution in [3.8, 4) is 11.3 Å². The van der Waals surface area contributed by atoms with Crippen molar-refractivity contribution in [2.45, 2.75) is 70.9 Å². The van der Waals surface area contributed by atoms with Crippen molar-refractivity contribution in [1.82, 2.24) is 18.9 Å². The summed E-state index contributed by atoms with van der Waals surface area (Å²) < 4.78 is 3.78. The zero-order valence-electron chi connectivity index (χ0n) is 21.8. The van der Waals surface area contributed by atoms with E-state index in [1.54, 1.807) is 16.7 Å². The van der Waals surface area contributed by atoms with Crippen molar-refractivity contribution in [3.63, 3.8) is 0 Å². The minimum absolute atomic E-state index is 0.122. The third-order valence-electron chi connectivity index (χ3n) is 7.02. The van der Waals surface area contributed by atoms with Crippen LogP contribution < -0.4 is 10.5 Å². The maximum absolute atomic E-state index is 13.3. The number of hydrogen-bond acceptors (Lipinski definition) is 5. The average Bonchev–Trinajstić information content (AvgIpc) is 3.52. The second-order valence-electron chi connectivity index (χ2n) is 10.1. The number of aryl methyl sites for hydroxylation is 1. The second kappa shape index (κ2) is 12.1. The molecule has 1 aliphatic rings. The molecule has 1 aromatic carbocycles. The highest BCUT2D eigenvalue weighted by molar-refractivity contribution is 6.30. The van der Waals surface area contributed by atoms with Gasteiger partial charge in [0.2, 0.25) is 5.78 Å². The zero-order chi connectivity index (χ0) is 25.7. The summed E-state index contributed by atoms with van der Waals surface area (Å²) in [7, 11) is 4.12. The van der Waals surface area contributed by atoms with Crippen LogP contribution in [-0.4, -0.2) is 57.9 Å². The molecule has 1 atom stereocenters. The van der Waals surface area contributed by atoms with Crippen LogP contribution in [0.25, 0.3) is 17.0 Å². The van der Waals surface area contributed by atoms with Crippen molar-refractivity contribution in [2.24, 2.45) is 0 Å². The predicted octanol–water partition coefficient (Wildman–Crippen LogP) is 5.28. The molecule has 1 saturated heterocycles. The number of halogens is 1. The molecule has 0 saturated carbocycles. The number of anilines is 1. The average molecular weight is 512 g/mol. The molecule has 8 heteroatoms. The fourth-order valence-electron chi connectivity index (χ4n) is 5.09. The van der Waals surface area contributed by atoms with Crippen molar-refractivity contribution in [1.29, 1.82) is 0 Å². The van der Waals surface area contributed by atoms with Gasteiger partial charge >= 0.3 is 0 Å². The lowest BCUT2D eigenvalue weighted by Gasteiger charge is -2.29. The number of fused-ring (bicyclic) bond motifs is 1. The Hall–Kier alpha value is -2.64. The minimum Gasteiger partial charge on any atom is -0.348 e. The highest BCUT2D eigenvalue weighted by Crippen LogP contribution is 2.29. The molecule has 0 aliphatic carbocycles. The van der Waals surface area contributed by atoms with E-state index >= 15 is 0 Å². The van der Waals surface area contributed by atoms with Gasteiger partial charge < -0.3 is 9.80 Å². The van der Waals surface area contributed by atoms with Crippen LogP contribution >= 0.6 is 11.6 Å². The van der Waals surface area contributed by atoms with Crippen LogP contribution in [0.4, 0.5) is 5.82 Å². The monoisotopic (exact) mass is 511 g/mol. The molecule has 3 heterocycles. The number of carbonyl (C=O) groups is 1. The first-order valence-corrected chi connectivity index (χ1v) is 13.6. The first-order valence-electron chi connectivity index (χ1n) is 13.2. The van der Waals surface area contributed by atoms with Crippen molar-refractivity contribution >= 4 is 29.0 Å². The van der Waals surface area contributed by atoms with Gasteiger partial charge in [0.25, 0.3) is 5.56 Å². The normalized spacial score (nSPS) is 15.9. The summed E-state index contributed by atoms with van der Waals surface area (Å²) >= 11 is 6.07. The van der Waals surface area contributed by atoms with Gasteiger partial charge in [0, 0.05) is 42.4 Å². The van der Waals surface area contributed by atoms with E-state index in [0.29, 0.717) is 17.2 Å². The number of carbonyl (C=O) groups excluding carboxylic acids is 1. The van der Waals surface area contributed by atoms with E-state index in [-0.39, 0.29) is 17.4 Å². The number of imidazole rings is 1. The number of ketones is 1. The van der Waals surface area contributed by atoms with Crippen LogP contribution in [0.5, 0.6) is 0 Å². The van der Waals surface area contributed by atoms with Gasteiger partial charge in [-0.3, -0.25) is 18.6 Å². The summed E-state index contributed by atoms with van der Waals surface area (Å²) in [5, 5.41) is 0.662. The Kier molecular flexibility index (Phi) is 8.86. The number of unbranched alkanes of at least 4 members (excludes halogenated alkanes) is 3. The van der Waals surface area contributed by atoms with Crippen LogP contribution in [-0.2, 0) is 11.3 Å². The summed E-state index contributed by atoms with van der Waals surface area (Å²) in [4.78, 5) is 35.7. The molecule has 194 valence electrons. The number of nitrogens with zero attached hydrogens (tertiary/aromatic N) is 5. The number of aromatic nitrogens is 3. The Balaban J connectivity index is 1.68. The Bertz CT molecular complexity index is 1230. The molecule has 0 amide bonds. The quantitative estimate of drug-likeness (QED) is 0.310. The largest absolute Gasteiger partial charge is 0.348 e. The number of rotatable bonds is 12. The van der Waals surface area contributed by atoms with Gasteiger partial charge in [-0.2, -0.15) is 0 Å². The minimum atomic E-state index is -0.172. The zero-order valence-corrected chi connectivity index (χ0v) is 22.5. The molecule has 0 spiro atoms. The molecular formula is C28H38ClN5O2. The van der Waals surface area contributed by atoms with Gasteiger partial charge in [0.1, 0.15) is 5.82 Å². The molecule has 36 heavy (non-hydrogen) atoms. The summed E-state index contributed by atoms with van der Waals surface area (Å²) in [5.41, 5.74) is 1.53. The van der Waals surface area contributed by atoms with Gasteiger partial charge in [-0.15, -0.1) is 0 Å². The molecule has 7 nitrogen and oxygen atoms in total. The van der Waals surface area contributed by atoms with E-state index in [4.69, 9.17) is 16.6 Å². The second-order valence-corrected chi connectivity index (χ2v) is 10.5. The van der Waals surface area contributed by atoms with E-state index < -0.39 is 0 Å². The maximum Gasteiger partial charge on any atom is 0.261 e. The predicted molar refractivity (Wildman–Crippen MR) is 147 cm³/mol. The first-order chi connectivity index (χ1) is 17.4. The van der Waals surface area contributed by atoms with Crippen LogP contribution in [0.3, 0.4) is 0 Å². The molecule has 0 radical (unpaired) electrons. The van der Waals surface area contributed by atoms with Crippen molar-refractivity contribution in [2.75, 3.05) is 32.1 Å². The number of Topliss-reactive ketones (excluding diaryl/α,β-unsaturated/α-hetero) is 1.